The summed E-state index contributed by atoms with van der Waals surface area (Å²) < 4.78 is 5.64. The lowest BCUT2D eigenvalue weighted by atomic mass is 9.91. The molecule has 1 heterocycles. The van der Waals surface area contributed by atoms with Crippen LogP contribution in [-0.2, 0) is 14.3 Å². The molecule has 7 heteroatoms. The zero-order valence-electron chi connectivity index (χ0n) is 19.0. The minimum Gasteiger partial charge on any atom is -0.379 e. The molecular weight excluding hydrogens is 356 g/mol. The Bertz CT molecular complexity index is 476. The van der Waals surface area contributed by atoms with Crippen molar-refractivity contribution in [1.29, 1.82) is 0 Å². The van der Waals surface area contributed by atoms with Gasteiger partial charge < -0.3 is 20.3 Å². The highest BCUT2D eigenvalue weighted by Gasteiger charge is 2.33. The Balaban J connectivity index is 2.74. The van der Waals surface area contributed by atoms with Gasteiger partial charge in [0.05, 0.1) is 24.7 Å². The van der Waals surface area contributed by atoms with E-state index in [-0.39, 0.29) is 42.5 Å². The van der Waals surface area contributed by atoms with Crippen LogP contribution in [0.4, 0.5) is 0 Å². The summed E-state index contributed by atoms with van der Waals surface area (Å²) in [4.78, 5) is 29.7. The molecule has 1 aliphatic rings. The highest BCUT2D eigenvalue weighted by molar-refractivity contribution is 5.87. The number of carbonyl (C=O) groups is 2. The van der Waals surface area contributed by atoms with Gasteiger partial charge in [-0.3, -0.25) is 14.5 Å². The summed E-state index contributed by atoms with van der Waals surface area (Å²) in [6.07, 6.45) is 1.80. The van der Waals surface area contributed by atoms with Gasteiger partial charge in [-0.25, -0.2) is 0 Å². The molecule has 2 amide bonds. The maximum atomic E-state index is 12.8. The van der Waals surface area contributed by atoms with Crippen molar-refractivity contribution >= 4 is 11.8 Å². The highest BCUT2D eigenvalue weighted by Crippen LogP contribution is 2.21. The maximum absolute atomic E-state index is 12.8. The molecule has 0 spiro atoms. The van der Waals surface area contributed by atoms with Crippen molar-refractivity contribution in [2.45, 2.75) is 65.6 Å². The van der Waals surface area contributed by atoms with Crippen LogP contribution in [0.15, 0.2) is 0 Å². The van der Waals surface area contributed by atoms with Crippen LogP contribution in [0.3, 0.4) is 0 Å². The van der Waals surface area contributed by atoms with Crippen molar-refractivity contribution in [3.8, 4) is 0 Å². The van der Waals surface area contributed by atoms with Gasteiger partial charge in [-0.15, -0.1) is 0 Å². The second kappa shape index (κ2) is 12.4. The van der Waals surface area contributed by atoms with E-state index in [9.17, 15) is 9.59 Å². The van der Waals surface area contributed by atoms with E-state index >= 15 is 0 Å². The van der Waals surface area contributed by atoms with Gasteiger partial charge in [0.2, 0.25) is 11.8 Å². The third-order valence-corrected chi connectivity index (χ3v) is 6.01. The number of amides is 2. The van der Waals surface area contributed by atoms with Gasteiger partial charge in [0.15, 0.2) is 0 Å². The number of likely N-dealkylation sites (N-methyl/N-ethyl adjacent to an activating group) is 1. The standard InChI is InChI=1S/C21H42N4O3/c1-8-16(5)20(17(9-2)28-7)24(6)18(26)14-23-21(27)19(15(3)4)25-12-10-22-11-13-25/h15-17,19-20,22H,8-14H2,1-7H3,(H,23,27). The predicted molar refractivity (Wildman–Crippen MR) is 113 cm³/mol. The highest BCUT2D eigenvalue weighted by atomic mass is 16.5. The van der Waals surface area contributed by atoms with Crippen molar-refractivity contribution in [3.05, 3.63) is 0 Å². The molecule has 2 N–H and O–H groups in total. The van der Waals surface area contributed by atoms with Gasteiger partial charge in [-0.05, 0) is 18.3 Å². The van der Waals surface area contributed by atoms with E-state index in [0.717, 1.165) is 39.0 Å². The molecule has 1 aliphatic heterocycles. The average molecular weight is 399 g/mol. The smallest absolute Gasteiger partial charge is 0.242 e. The van der Waals surface area contributed by atoms with Crippen molar-refractivity contribution in [2.24, 2.45) is 11.8 Å². The van der Waals surface area contributed by atoms with E-state index < -0.39 is 0 Å². The molecular formula is C21H42N4O3. The minimum absolute atomic E-state index is 0.00142. The number of hydrogen-bond acceptors (Lipinski definition) is 5. The zero-order chi connectivity index (χ0) is 21.3. The number of nitrogens with zero attached hydrogens (tertiary/aromatic N) is 2. The number of rotatable bonds is 11. The van der Waals surface area contributed by atoms with Crippen LogP contribution in [0, 0.1) is 11.8 Å². The van der Waals surface area contributed by atoms with Crippen LogP contribution in [-0.4, -0.2) is 86.7 Å². The monoisotopic (exact) mass is 398 g/mol. The van der Waals surface area contributed by atoms with E-state index in [1.807, 2.05) is 7.05 Å². The fourth-order valence-electron chi connectivity index (χ4n) is 4.20. The van der Waals surface area contributed by atoms with Gasteiger partial charge in [0.25, 0.3) is 0 Å². The molecule has 0 saturated carbocycles. The first-order valence-corrected chi connectivity index (χ1v) is 10.8. The SMILES string of the molecule is CCC(C)C(C(CC)OC)N(C)C(=O)CNC(=O)C(C(C)C)N1CCNCC1. The van der Waals surface area contributed by atoms with Crippen LogP contribution in [0.5, 0.6) is 0 Å². The maximum Gasteiger partial charge on any atom is 0.242 e. The molecule has 28 heavy (non-hydrogen) atoms. The molecule has 4 unspecified atom stereocenters. The van der Waals surface area contributed by atoms with Gasteiger partial charge in [-0.1, -0.05) is 41.0 Å². The largest absolute Gasteiger partial charge is 0.379 e. The first-order chi connectivity index (χ1) is 13.3. The third kappa shape index (κ3) is 6.71. The average Bonchev–Trinajstić information content (AvgIpc) is 2.69. The van der Waals surface area contributed by atoms with E-state index in [0.29, 0.717) is 5.92 Å². The number of carbonyl (C=O) groups excluding carboxylic acids is 2. The zero-order valence-corrected chi connectivity index (χ0v) is 19.0. The van der Waals surface area contributed by atoms with E-state index in [2.05, 4.69) is 50.2 Å². The fourth-order valence-corrected chi connectivity index (χ4v) is 4.20. The van der Waals surface area contributed by atoms with E-state index in [1.165, 1.54) is 0 Å². The van der Waals surface area contributed by atoms with Crippen LogP contribution in [0.2, 0.25) is 0 Å². The summed E-state index contributed by atoms with van der Waals surface area (Å²) in [5, 5.41) is 6.21. The number of nitrogens with one attached hydrogen (secondary N) is 2. The lowest BCUT2D eigenvalue weighted by Crippen LogP contribution is -2.57. The van der Waals surface area contributed by atoms with Gasteiger partial charge >= 0.3 is 0 Å². The molecule has 1 fully saturated rings. The van der Waals surface area contributed by atoms with Crippen molar-refractivity contribution < 1.29 is 14.3 Å². The summed E-state index contributed by atoms with van der Waals surface area (Å²) in [5.41, 5.74) is 0. The summed E-state index contributed by atoms with van der Waals surface area (Å²) >= 11 is 0. The van der Waals surface area contributed by atoms with Gasteiger partial charge in [-0.2, -0.15) is 0 Å². The summed E-state index contributed by atoms with van der Waals surface area (Å²) in [5.74, 6) is 0.380. The molecule has 0 radical (unpaired) electrons. The van der Waals surface area contributed by atoms with E-state index in [1.54, 1.807) is 12.0 Å². The fraction of sp³-hybridized carbons (Fsp3) is 0.905. The van der Waals surface area contributed by atoms with E-state index in [4.69, 9.17) is 4.74 Å². The molecule has 1 saturated heterocycles. The quantitative estimate of drug-likeness (QED) is 0.549. The van der Waals surface area contributed by atoms with Crippen LogP contribution in [0.25, 0.3) is 0 Å². The molecule has 0 aliphatic carbocycles. The normalized spacial score (nSPS) is 19.7. The van der Waals surface area contributed by atoms with Crippen LogP contribution in [0.1, 0.15) is 47.5 Å². The molecule has 0 bridgehead atoms. The second-order valence-electron chi connectivity index (χ2n) is 8.26. The first kappa shape index (κ1) is 24.9. The molecule has 0 aromatic carbocycles. The lowest BCUT2D eigenvalue weighted by molar-refractivity contribution is -0.139. The topological polar surface area (TPSA) is 73.9 Å². The summed E-state index contributed by atoms with van der Waals surface area (Å²) in [7, 11) is 3.52. The Kier molecular flexibility index (Phi) is 11.0. The number of ether oxygens (including phenoxy) is 1. The molecule has 1 rings (SSSR count). The number of piperazine rings is 1. The summed E-state index contributed by atoms with van der Waals surface area (Å²) in [6.45, 7) is 14.0. The Morgan fingerprint density at radius 3 is 2.21 bits per heavy atom. The van der Waals surface area contributed by atoms with Crippen LogP contribution < -0.4 is 10.6 Å². The minimum atomic E-state index is -0.201. The Morgan fingerprint density at radius 1 is 1.14 bits per heavy atom. The van der Waals surface area contributed by atoms with Crippen LogP contribution >= 0.6 is 0 Å². The summed E-state index contributed by atoms with van der Waals surface area (Å²) in [6, 6.07) is -0.202. The Morgan fingerprint density at radius 2 is 1.75 bits per heavy atom. The number of methoxy groups -OCH3 is 1. The molecule has 0 aromatic rings. The first-order valence-electron chi connectivity index (χ1n) is 10.8. The third-order valence-electron chi connectivity index (χ3n) is 6.01. The van der Waals surface area contributed by atoms with Gasteiger partial charge in [0, 0.05) is 40.3 Å². The molecule has 164 valence electrons. The van der Waals surface area contributed by atoms with Gasteiger partial charge in [0.1, 0.15) is 0 Å². The van der Waals surface area contributed by atoms with Crippen molar-refractivity contribution in [2.75, 3.05) is 46.9 Å². The predicted octanol–water partition coefficient (Wildman–Crippen LogP) is 1.33. The molecule has 0 aromatic heterocycles. The Hall–Kier alpha value is -1.18. The van der Waals surface area contributed by atoms with Crippen molar-refractivity contribution in [1.82, 2.24) is 20.4 Å². The Labute approximate surface area is 171 Å². The lowest BCUT2D eigenvalue weighted by Gasteiger charge is -2.38. The number of hydrogen-bond donors (Lipinski definition) is 2. The van der Waals surface area contributed by atoms with Crippen molar-refractivity contribution in [3.63, 3.8) is 0 Å². The molecule has 4 atom stereocenters. The molecule has 7 nitrogen and oxygen atoms in total. The second-order valence-corrected chi connectivity index (χ2v) is 8.26.